The zero-order valence-corrected chi connectivity index (χ0v) is 19.5. The molecule has 2 aromatic carbocycles. The third kappa shape index (κ3) is 7.13. The van der Waals surface area contributed by atoms with Gasteiger partial charge < -0.3 is 19.3 Å². The minimum atomic E-state index is -0.328. The highest BCUT2D eigenvalue weighted by Gasteiger charge is 2.23. The topological polar surface area (TPSA) is 59.1 Å². The van der Waals surface area contributed by atoms with Gasteiger partial charge in [-0.1, -0.05) is 18.2 Å². The maximum absolute atomic E-state index is 13.4. The van der Waals surface area contributed by atoms with Gasteiger partial charge in [-0.15, -0.1) is 11.3 Å². The van der Waals surface area contributed by atoms with Gasteiger partial charge in [-0.25, -0.2) is 4.39 Å². The summed E-state index contributed by atoms with van der Waals surface area (Å²) < 4.78 is 23.6. The Kier molecular flexibility index (Phi) is 8.97. The van der Waals surface area contributed by atoms with Crippen molar-refractivity contribution in [3.05, 3.63) is 87.9 Å². The molecule has 1 heterocycles. The van der Waals surface area contributed by atoms with Crippen LogP contribution in [-0.4, -0.2) is 55.5 Å². The molecular formula is C25H27FN2O4S. The summed E-state index contributed by atoms with van der Waals surface area (Å²) in [5.74, 6) is -0.148. The molecule has 0 saturated carbocycles. The highest BCUT2D eigenvalue weighted by molar-refractivity contribution is 7.09. The monoisotopic (exact) mass is 470 g/mol. The van der Waals surface area contributed by atoms with Gasteiger partial charge in [-0.05, 0) is 53.4 Å². The molecule has 0 spiro atoms. The number of amides is 2. The lowest BCUT2D eigenvalue weighted by Gasteiger charge is -2.27. The number of thiophene rings is 1. The molecule has 1 aromatic heterocycles. The van der Waals surface area contributed by atoms with E-state index in [9.17, 15) is 14.0 Å². The SMILES string of the molecule is COCCN(CC(=O)N(Cc1ccc(F)cc1)Cc1cccs1)C(=O)c1ccc(OC)cc1. The summed E-state index contributed by atoms with van der Waals surface area (Å²) in [5.41, 5.74) is 1.27. The predicted octanol–water partition coefficient (Wildman–Crippen LogP) is 4.21. The van der Waals surface area contributed by atoms with Crippen LogP contribution in [0.2, 0.25) is 0 Å². The Balaban J connectivity index is 1.78. The first-order valence-electron chi connectivity index (χ1n) is 10.5. The van der Waals surface area contributed by atoms with Gasteiger partial charge in [-0.2, -0.15) is 0 Å². The summed E-state index contributed by atoms with van der Waals surface area (Å²) in [6.07, 6.45) is 0. The van der Waals surface area contributed by atoms with Gasteiger partial charge in [-0.3, -0.25) is 9.59 Å². The highest BCUT2D eigenvalue weighted by Crippen LogP contribution is 2.17. The molecule has 0 unspecified atom stereocenters. The van der Waals surface area contributed by atoms with Crippen LogP contribution in [0.25, 0.3) is 0 Å². The number of carbonyl (C=O) groups excluding carboxylic acids is 2. The first-order chi connectivity index (χ1) is 16.0. The summed E-state index contributed by atoms with van der Waals surface area (Å²) in [7, 11) is 3.11. The molecule has 2 amide bonds. The zero-order valence-electron chi connectivity index (χ0n) is 18.7. The third-order valence-corrected chi connectivity index (χ3v) is 5.94. The van der Waals surface area contributed by atoms with Crippen LogP contribution >= 0.6 is 11.3 Å². The second kappa shape index (κ2) is 12.1. The molecule has 3 rings (SSSR count). The second-order valence-electron chi connectivity index (χ2n) is 7.40. The highest BCUT2D eigenvalue weighted by atomic mass is 32.1. The second-order valence-corrected chi connectivity index (χ2v) is 8.44. The molecule has 0 atom stereocenters. The first kappa shape index (κ1) is 24.4. The number of nitrogens with zero attached hydrogens (tertiary/aromatic N) is 2. The van der Waals surface area contributed by atoms with Crippen molar-refractivity contribution in [3.8, 4) is 5.75 Å². The van der Waals surface area contributed by atoms with Crippen LogP contribution in [0.15, 0.2) is 66.0 Å². The van der Waals surface area contributed by atoms with Crippen molar-refractivity contribution in [1.82, 2.24) is 9.80 Å². The van der Waals surface area contributed by atoms with Crippen LogP contribution in [0.5, 0.6) is 5.75 Å². The Labute approximate surface area is 197 Å². The van der Waals surface area contributed by atoms with Crippen LogP contribution in [-0.2, 0) is 22.6 Å². The average molecular weight is 471 g/mol. The fourth-order valence-corrected chi connectivity index (χ4v) is 3.99. The number of methoxy groups -OCH3 is 2. The van der Waals surface area contributed by atoms with Gasteiger partial charge >= 0.3 is 0 Å². The van der Waals surface area contributed by atoms with Gasteiger partial charge in [0.25, 0.3) is 5.91 Å². The normalized spacial score (nSPS) is 10.6. The Morgan fingerprint density at radius 2 is 1.67 bits per heavy atom. The van der Waals surface area contributed by atoms with E-state index in [4.69, 9.17) is 9.47 Å². The van der Waals surface area contributed by atoms with E-state index in [0.29, 0.717) is 31.0 Å². The smallest absolute Gasteiger partial charge is 0.254 e. The Bertz CT molecular complexity index is 1020. The number of halogens is 1. The Morgan fingerprint density at radius 3 is 2.27 bits per heavy atom. The third-order valence-electron chi connectivity index (χ3n) is 5.08. The van der Waals surface area contributed by atoms with Gasteiger partial charge in [0.15, 0.2) is 0 Å². The van der Waals surface area contributed by atoms with Gasteiger partial charge in [0.05, 0.1) is 20.3 Å². The van der Waals surface area contributed by atoms with Crippen molar-refractivity contribution in [2.75, 3.05) is 33.9 Å². The number of benzene rings is 2. The molecule has 8 heteroatoms. The molecule has 0 radical (unpaired) electrons. The molecule has 0 saturated heterocycles. The van der Waals surface area contributed by atoms with Crippen LogP contribution in [0.4, 0.5) is 4.39 Å². The molecule has 0 aliphatic carbocycles. The van der Waals surface area contributed by atoms with Crippen molar-refractivity contribution in [2.24, 2.45) is 0 Å². The van der Waals surface area contributed by atoms with E-state index in [1.807, 2.05) is 17.5 Å². The van der Waals surface area contributed by atoms with Crippen LogP contribution in [0.1, 0.15) is 20.8 Å². The number of hydrogen-bond donors (Lipinski definition) is 0. The fourth-order valence-electron chi connectivity index (χ4n) is 3.27. The number of rotatable bonds is 11. The van der Waals surface area contributed by atoms with Crippen LogP contribution in [0.3, 0.4) is 0 Å². The summed E-state index contributed by atoms with van der Waals surface area (Å²) in [4.78, 5) is 30.7. The van der Waals surface area contributed by atoms with E-state index in [1.165, 1.54) is 17.0 Å². The van der Waals surface area contributed by atoms with Gasteiger partial charge in [0.1, 0.15) is 18.1 Å². The molecule has 0 fully saturated rings. The van der Waals surface area contributed by atoms with Crippen molar-refractivity contribution in [2.45, 2.75) is 13.1 Å². The van der Waals surface area contributed by atoms with E-state index < -0.39 is 0 Å². The van der Waals surface area contributed by atoms with E-state index >= 15 is 0 Å². The van der Waals surface area contributed by atoms with Crippen LogP contribution in [0, 0.1) is 5.82 Å². The molecule has 6 nitrogen and oxygen atoms in total. The van der Waals surface area contributed by atoms with Crippen molar-refractivity contribution in [1.29, 1.82) is 0 Å². The largest absolute Gasteiger partial charge is 0.497 e. The number of hydrogen-bond acceptors (Lipinski definition) is 5. The van der Waals surface area contributed by atoms with Gasteiger partial charge in [0, 0.05) is 30.6 Å². The number of ether oxygens (including phenoxy) is 2. The summed E-state index contributed by atoms with van der Waals surface area (Å²) in [5, 5.41) is 1.95. The fraction of sp³-hybridized carbons (Fsp3) is 0.280. The van der Waals surface area contributed by atoms with E-state index in [2.05, 4.69) is 0 Å². The van der Waals surface area contributed by atoms with Crippen molar-refractivity contribution in [3.63, 3.8) is 0 Å². The molecule has 0 bridgehead atoms. The summed E-state index contributed by atoms with van der Waals surface area (Å²) in [6, 6.07) is 16.7. The average Bonchev–Trinajstić information content (AvgIpc) is 3.35. The molecule has 0 aliphatic heterocycles. The van der Waals surface area contributed by atoms with Crippen molar-refractivity contribution >= 4 is 23.2 Å². The maximum Gasteiger partial charge on any atom is 0.254 e. The molecule has 33 heavy (non-hydrogen) atoms. The maximum atomic E-state index is 13.4. The minimum absolute atomic E-state index is 0.0964. The molecule has 0 N–H and O–H groups in total. The standard InChI is InChI=1S/C25H27FN2O4S/c1-31-14-13-27(25(30)20-7-11-22(32-2)12-8-20)18-24(29)28(17-23-4-3-15-33-23)16-19-5-9-21(26)10-6-19/h3-12,15H,13-14,16-18H2,1-2H3. The molecule has 3 aromatic rings. The Hall–Kier alpha value is -3.23. The summed E-state index contributed by atoms with van der Waals surface area (Å²) in [6.45, 7) is 1.20. The molecule has 0 aliphatic rings. The lowest BCUT2D eigenvalue weighted by atomic mass is 10.1. The van der Waals surface area contributed by atoms with Crippen molar-refractivity contribution < 1.29 is 23.5 Å². The van der Waals surface area contributed by atoms with E-state index in [-0.39, 0.29) is 30.7 Å². The van der Waals surface area contributed by atoms with Gasteiger partial charge in [0.2, 0.25) is 5.91 Å². The quantitative estimate of drug-likeness (QED) is 0.421. The van der Waals surface area contributed by atoms with Crippen LogP contribution < -0.4 is 4.74 Å². The Morgan fingerprint density at radius 1 is 0.939 bits per heavy atom. The zero-order chi connectivity index (χ0) is 23.6. The predicted molar refractivity (Wildman–Crippen MR) is 126 cm³/mol. The molecular weight excluding hydrogens is 443 g/mol. The lowest BCUT2D eigenvalue weighted by Crippen LogP contribution is -2.43. The number of carbonyl (C=O) groups is 2. The van der Waals surface area contributed by atoms with E-state index in [0.717, 1.165) is 10.4 Å². The lowest BCUT2D eigenvalue weighted by molar-refractivity contribution is -0.133. The minimum Gasteiger partial charge on any atom is -0.497 e. The molecule has 174 valence electrons. The summed E-state index contributed by atoms with van der Waals surface area (Å²) >= 11 is 1.55. The first-order valence-corrected chi connectivity index (χ1v) is 11.3. The van der Waals surface area contributed by atoms with E-state index in [1.54, 1.807) is 66.9 Å².